The number of hydrogen-bond donors (Lipinski definition) is 2. The summed E-state index contributed by atoms with van der Waals surface area (Å²) in [4.78, 5) is 10.7. The van der Waals surface area contributed by atoms with Crippen molar-refractivity contribution >= 4 is 12.0 Å². The first-order valence-electron chi connectivity index (χ1n) is 3.97. The van der Waals surface area contributed by atoms with Crippen molar-refractivity contribution in [2.75, 3.05) is 0 Å². The summed E-state index contributed by atoms with van der Waals surface area (Å²) in [6.45, 7) is 2.01. The van der Waals surface area contributed by atoms with Gasteiger partial charge in [-0.05, 0) is 18.6 Å². The lowest BCUT2D eigenvalue weighted by Gasteiger charge is -1.94. The third-order valence-corrected chi connectivity index (χ3v) is 1.65. The van der Waals surface area contributed by atoms with Crippen molar-refractivity contribution in [3.63, 3.8) is 0 Å². The Labute approximate surface area is 77.2 Å². The fourth-order valence-electron chi connectivity index (χ4n) is 0.898. The number of carbonyl (C=O) groups excluding carboxylic acids is 1. The Kier molecular flexibility index (Phi) is 3.23. The predicted octanol–water partition coefficient (Wildman–Crippen LogP) is 0.998. The van der Waals surface area contributed by atoms with Crippen LogP contribution in [0.25, 0.3) is 6.08 Å². The largest absolute Gasteiger partial charge is 0.291 e. The third kappa shape index (κ3) is 3.09. The lowest BCUT2D eigenvalue weighted by atomic mass is 10.1. The standard InChI is InChI=1S/C10H12N2O/c1-8-2-4-9(5-3-8)6-7-10(13)12-11/h2-7H,11H2,1H3,(H,12,13)/b7-6+. The highest BCUT2D eigenvalue weighted by atomic mass is 16.2. The molecule has 1 aromatic rings. The van der Waals surface area contributed by atoms with Crippen LogP contribution in [0.3, 0.4) is 0 Å². The molecule has 0 radical (unpaired) electrons. The van der Waals surface area contributed by atoms with Gasteiger partial charge in [0.05, 0.1) is 0 Å². The van der Waals surface area contributed by atoms with Crippen LogP contribution < -0.4 is 11.3 Å². The van der Waals surface area contributed by atoms with Crippen molar-refractivity contribution < 1.29 is 4.79 Å². The monoisotopic (exact) mass is 176 g/mol. The van der Waals surface area contributed by atoms with Gasteiger partial charge in [0.15, 0.2) is 0 Å². The number of hydrogen-bond acceptors (Lipinski definition) is 2. The minimum absolute atomic E-state index is 0.305. The third-order valence-electron chi connectivity index (χ3n) is 1.65. The Morgan fingerprint density at radius 2 is 2.00 bits per heavy atom. The highest BCUT2D eigenvalue weighted by molar-refractivity contribution is 5.91. The van der Waals surface area contributed by atoms with E-state index in [-0.39, 0.29) is 5.91 Å². The summed E-state index contributed by atoms with van der Waals surface area (Å²) >= 11 is 0. The molecule has 0 atom stereocenters. The van der Waals surface area contributed by atoms with Gasteiger partial charge >= 0.3 is 0 Å². The normalized spacial score (nSPS) is 10.3. The van der Waals surface area contributed by atoms with Gasteiger partial charge in [-0.15, -0.1) is 0 Å². The molecular formula is C10H12N2O. The van der Waals surface area contributed by atoms with E-state index in [4.69, 9.17) is 5.84 Å². The molecule has 0 aliphatic carbocycles. The zero-order chi connectivity index (χ0) is 9.68. The molecule has 68 valence electrons. The van der Waals surface area contributed by atoms with Gasteiger partial charge in [-0.25, -0.2) is 5.84 Å². The summed E-state index contributed by atoms with van der Waals surface area (Å²) in [5, 5.41) is 0. The van der Waals surface area contributed by atoms with Crippen LogP contribution in [0.4, 0.5) is 0 Å². The summed E-state index contributed by atoms with van der Waals surface area (Å²) in [7, 11) is 0. The fourth-order valence-corrected chi connectivity index (χ4v) is 0.898. The molecule has 3 nitrogen and oxygen atoms in total. The van der Waals surface area contributed by atoms with Gasteiger partial charge in [-0.2, -0.15) is 0 Å². The topological polar surface area (TPSA) is 55.1 Å². The van der Waals surface area contributed by atoms with Crippen LogP contribution in [-0.2, 0) is 4.79 Å². The average Bonchev–Trinajstić information content (AvgIpc) is 2.16. The lowest BCUT2D eigenvalue weighted by Crippen LogP contribution is -2.27. The second-order valence-electron chi connectivity index (χ2n) is 2.75. The van der Waals surface area contributed by atoms with Crippen molar-refractivity contribution in [1.29, 1.82) is 0 Å². The first-order valence-corrected chi connectivity index (χ1v) is 3.97. The molecule has 0 fully saturated rings. The fraction of sp³-hybridized carbons (Fsp3) is 0.100. The summed E-state index contributed by atoms with van der Waals surface area (Å²) in [6, 6.07) is 7.85. The van der Waals surface area contributed by atoms with E-state index in [0.29, 0.717) is 0 Å². The lowest BCUT2D eigenvalue weighted by molar-refractivity contribution is -0.116. The Balaban J connectivity index is 2.69. The van der Waals surface area contributed by atoms with E-state index in [9.17, 15) is 4.79 Å². The number of rotatable bonds is 2. The van der Waals surface area contributed by atoms with E-state index in [0.717, 1.165) is 5.56 Å². The molecule has 0 saturated carbocycles. The average molecular weight is 176 g/mol. The smallest absolute Gasteiger partial charge is 0.257 e. The second-order valence-corrected chi connectivity index (χ2v) is 2.75. The van der Waals surface area contributed by atoms with Gasteiger partial charge in [0.25, 0.3) is 5.91 Å². The van der Waals surface area contributed by atoms with Crippen molar-refractivity contribution in [3.05, 3.63) is 41.5 Å². The van der Waals surface area contributed by atoms with Crippen molar-refractivity contribution in [2.45, 2.75) is 6.92 Å². The van der Waals surface area contributed by atoms with Crippen LogP contribution in [0.15, 0.2) is 30.3 Å². The number of hydrazine groups is 1. The molecule has 3 heteroatoms. The predicted molar refractivity (Wildman–Crippen MR) is 52.5 cm³/mol. The Morgan fingerprint density at radius 1 is 1.38 bits per heavy atom. The molecule has 13 heavy (non-hydrogen) atoms. The molecule has 3 N–H and O–H groups in total. The van der Waals surface area contributed by atoms with Gasteiger partial charge in [-0.3, -0.25) is 10.2 Å². The van der Waals surface area contributed by atoms with Crippen molar-refractivity contribution in [1.82, 2.24) is 5.43 Å². The molecular weight excluding hydrogens is 164 g/mol. The van der Waals surface area contributed by atoms with Gasteiger partial charge in [-0.1, -0.05) is 29.8 Å². The highest BCUT2D eigenvalue weighted by Gasteiger charge is 1.89. The first kappa shape index (κ1) is 9.48. The summed E-state index contributed by atoms with van der Waals surface area (Å²) in [5.41, 5.74) is 4.20. The van der Waals surface area contributed by atoms with Crippen LogP contribution in [0, 0.1) is 6.92 Å². The zero-order valence-corrected chi connectivity index (χ0v) is 7.45. The number of carbonyl (C=O) groups is 1. The van der Waals surface area contributed by atoms with E-state index in [2.05, 4.69) is 0 Å². The molecule has 1 aromatic carbocycles. The first-order chi connectivity index (χ1) is 6.22. The minimum Gasteiger partial charge on any atom is -0.291 e. The van der Waals surface area contributed by atoms with Crippen molar-refractivity contribution in [2.24, 2.45) is 5.84 Å². The Hall–Kier alpha value is -1.61. The van der Waals surface area contributed by atoms with Gasteiger partial charge in [0, 0.05) is 6.08 Å². The van der Waals surface area contributed by atoms with E-state index in [1.807, 2.05) is 36.6 Å². The van der Waals surface area contributed by atoms with E-state index in [1.54, 1.807) is 6.08 Å². The summed E-state index contributed by atoms with van der Waals surface area (Å²) in [6.07, 6.45) is 3.10. The Morgan fingerprint density at radius 3 is 2.54 bits per heavy atom. The molecule has 0 bridgehead atoms. The summed E-state index contributed by atoms with van der Waals surface area (Å²) in [5.74, 6) is 4.60. The van der Waals surface area contributed by atoms with Crippen LogP contribution in [0.2, 0.25) is 0 Å². The quantitative estimate of drug-likeness (QED) is 0.305. The van der Waals surface area contributed by atoms with Crippen LogP contribution in [-0.4, -0.2) is 5.91 Å². The molecule has 0 aliphatic heterocycles. The van der Waals surface area contributed by atoms with Crippen molar-refractivity contribution in [3.8, 4) is 0 Å². The molecule has 0 aromatic heterocycles. The van der Waals surface area contributed by atoms with Gasteiger partial charge < -0.3 is 0 Å². The van der Waals surface area contributed by atoms with Gasteiger partial charge in [0.2, 0.25) is 0 Å². The second kappa shape index (κ2) is 4.42. The van der Waals surface area contributed by atoms with Crippen LogP contribution >= 0.6 is 0 Å². The molecule has 0 heterocycles. The van der Waals surface area contributed by atoms with Crippen LogP contribution in [0.5, 0.6) is 0 Å². The molecule has 1 rings (SSSR count). The minimum atomic E-state index is -0.305. The SMILES string of the molecule is Cc1ccc(/C=C/C(=O)NN)cc1. The maximum atomic E-state index is 10.7. The zero-order valence-electron chi connectivity index (χ0n) is 7.45. The number of nitrogens with one attached hydrogen (secondary N) is 1. The number of nitrogens with two attached hydrogens (primary N) is 1. The maximum absolute atomic E-state index is 10.7. The maximum Gasteiger partial charge on any atom is 0.257 e. The number of aryl methyl sites for hydroxylation is 1. The van der Waals surface area contributed by atoms with E-state index < -0.39 is 0 Å². The summed E-state index contributed by atoms with van der Waals surface area (Å²) < 4.78 is 0. The Bertz CT molecular complexity index is 314. The van der Waals surface area contributed by atoms with E-state index in [1.165, 1.54) is 11.6 Å². The number of amides is 1. The number of benzene rings is 1. The molecule has 0 saturated heterocycles. The molecule has 0 aliphatic rings. The molecule has 1 amide bonds. The highest BCUT2D eigenvalue weighted by Crippen LogP contribution is 2.04. The van der Waals surface area contributed by atoms with E-state index >= 15 is 0 Å². The van der Waals surface area contributed by atoms with Gasteiger partial charge in [0.1, 0.15) is 0 Å². The molecule has 0 spiro atoms. The van der Waals surface area contributed by atoms with Crippen LogP contribution in [0.1, 0.15) is 11.1 Å². The molecule has 0 unspecified atom stereocenters.